The highest BCUT2D eigenvalue weighted by Crippen LogP contribution is 2.39. The molecule has 0 aromatic heterocycles. The van der Waals surface area contributed by atoms with E-state index in [0.29, 0.717) is 6.32 Å². The van der Waals surface area contributed by atoms with Crippen LogP contribution in [0.4, 0.5) is 0 Å². The Bertz CT molecular complexity index is 386. The van der Waals surface area contributed by atoms with Crippen molar-refractivity contribution in [1.29, 1.82) is 0 Å². The third-order valence-corrected chi connectivity index (χ3v) is 3.21. The first-order chi connectivity index (χ1) is 8.60. The standard InChI is InChI=1S/C10H13BO7/c1-3-11-17-8-6-5(16-10(8)18-11)7(9(13)15-6)14-4(2)12/h5-8,10H,3H2,1-2H3/t5-,6-,7-,8+,10+/m0/s1. The van der Waals surface area contributed by atoms with Crippen LogP contribution in [0.3, 0.4) is 0 Å². The molecule has 0 aromatic carbocycles. The van der Waals surface area contributed by atoms with Gasteiger partial charge in [0, 0.05) is 6.92 Å². The fourth-order valence-corrected chi connectivity index (χ4v) is 2.46. The monoisotopic (exact) mass is 256 g/mol. The molecular formula is C10H13BO7. The van der Waals surface area contributed by atoms with E-state index >= 15 is 0 Å². The average molecular weight is 256 g/mol. The summed E-state index contributed by atoms with van der Waals surface area (Å²) in [5, 5.41) is 0. The Labute approximate surface area is 104 Å². The van der Waals surface area contributed by atoms with Crippen LogP contribution >= 0.6 is 0 Å². The van der Waals surface area contributed by atoms with E-state index in [1.54, 1.807) is 0 Å². The summed E-state index contributed by atoms with van der Waals surface area (Å²) in [4.78, 5) is 22.5. The number of fused-ring (bicyclic) bond motifs is 3. The second kappa shape index (κ2) is 4.22. The van der Waals surface area contributed by atoms with Gasteiger partial charge >= 0.3 is 19.1 Å². The van der Waals surface area contributed by atoms with E-state index in [1.807, 2.05) is 6.92 Å². The summed E-state index contributed by atoms with van der Waals surface area (Å²) in [5.74, 6) is -1.14. The van der Waals surface area contributed by atoms with Gasteiger partial charge < -0.3 is 23.5 Å². The normalized spacial score (nSPS) is 41.6. The van der Waals surface area contributed by atoms with E-state index in [0.717, 1.165) is 0 Å². The van der Waals surface area contributed by atoms with Crippen LogP contribution < -0.4 is 0 Å². The van der Waals surface area contributed by atoms with Crippen molar-refractivity contribution < 1.29 is 33.1 Å². The Kier molecular flexibility index (Phi) is 2.80. The Balaban J connectivity index is 1.73. The number of hydrogen-bond acceptors (Lipinski definition) is 7. The number of hydrogen-bond donors (Lipinski definition) is 0. The minimum Gasteiger partial charge on any atom is -0.454 e. The first-order valence-electron chi connectivity index (χ1n) is 5.94. The van der Waals surface area contributed by atoms with Crippen LogP contribution in [0.2, 0.25) is 6.32 Å². The van der Waals surface area contributed by atoms with Gasteiger partial charge in [0.15, 0.2) is 12.4 Å². The quantitative estimate of drug-likeness (QED) is 0.486. The molecule has 3 aliphatic heterocycles. The highest BCUT2D eigenvalue weighted by molar-refractivity contribution is 6.45. The third-order valence-electron chi connectivity index (χ3n) is 3.21. The molecule has 3 aliphatic rings. The maximum atomic E-state index is 11.6. The molecule has 7 nitrogen and oxygen atoms in total. The van der Waals surface area contributed by atoms with Gasteiger partial charge in [0.1, 0.15) is 12.2 Å². The number of ether oxygens (including phenoxy) is 3. The fraction of sp³-hybridized carbons (Fsp3) is 0.800. The van der Waals surface area contributed by atoms with Gasteiger partial charge in [-0.15, -0.1) is 0 Å². The summed E-state index contributed by atoms with van der Waals surface area (Å²) in [7, 11) is -0.340. The van der Waals surface area contributed by atoms with E-state index in [1.165, 1.54) is 6.92 Å². The van der Waals surface area contributed by atoms with Gasteiger partial charge in [0.05, 0.1) is 0 Å². The van der Waals surface area contributed by atoms with Gasteiger partial charge in [-0.2, -0.15) is 0 Å². The van der Waals surface area contributed by atoms with E-state index in [2.05, 4.69) is 0 Å². The first kappa shape index (κ1) is 11.9. The van der Waals surface area contributed by atoms with Gasteiger partial charge in [-0.3, -0.25) is 4.79 Å². The zero-order valence-corrected chi connectivity index (χ0v) is 10.0. The number of carbonyl (C=O) groups excluding carboxylic acids is 2. The van der Waals surface area contributed by atoms with Crippen molar-refractivity contribution in [3.8, 4) is 0 Å². The van der Waals surface area contributed by atoms with Crippen molar-refractivity contribution in [2.24, 2.45) is 0 Å². The zero-order chi connectivity index (χ0) is 12.9. The van der Waals surface area contributed by atoms with Gasteiger partial charge in [0.25, 0.3) is 0 Å². The van der Waals surface area contributed by atoms with Crippen LogP contribution in [-0.4, -0.2) is 49.8 Å². The Morgan fingerprint density at radius 3 is 2.78 bits per heavy atom. The van der Waals surface area contributed by atoms with Gasteiger partial charge in [-0.25, -0.2) is 4.79 Å². The van der Waals surface area contributed by atoms with Gasteiger partial charge in [0.2, 0.25) is 6.10 Å². The van der Waals surface area contributed by atoms with E-state index in [4.69, 9.17) is 23.5 Å². The molecule has 0 N–H and O–H groups in total. The van der Waals surface area contributed by atoms with E-state index < -0.39 is 42.6 Å². The molecular weight excluding hydrogens is 243 g/mol. The van der Waals surface area contributed by atoms with Crippen molar-refractivity contribution in [3.05, 3.63) is 0 Å². The van der Waals surface area contributed by atoms with E-state index in [-0.39, 0.29) is 7.12 Å². The van der Waals surface area contributed by atoms with Crippen LogP contribution in [0.1, 0.15) is 13.8 Å². The highest BCUT2D eigenvalue weighted by Gasteiger charge is 2.63. The largest absolute Gasteiger partial charge is 0.458 e. The molecule has 3 rings (SSSR count). The predicted octanol–water partition coefficient (Wildman–Crippen LogP) is -0.508. The maximum absolute atomic E-state index is 11.6. The summed E-state index contributed by atoms with van der Waals surface area (Å²) in [6, 6.07) is 0. The molecule has 0 aromatic rings. The number of carbonyl (C=O) groups is 2. The summed E-state index contributed by atoms with van der Waals surface area (Å²) in [6.45, 7) is 3.15. The van der Waals surface area contributed by atoms with E-state index in [9.17, 15) is 9.59 Å². The molecule has 0 aliphatic carbocycles. The molecule has 98 valence electrons. The molecule has 0 radical (unpaired) electrons. The average Bonchev–Trinajstić information content (AvgIpc) is 2.91. The summed E-state index contributed by atoms with van der Waals surface area (Å²) in [6.07, 6.45) is -2.54. The minimum absolute atomic E-state index is 0.340. The summed E-state index contributed by atoms with van der Waals surface area (Å²) in [5.41, 5.74) is 0. The van der Waals surface area contributed by atoms with Crippen molar-refractivity contribution in [2.75, 3.05) is 0 Å². The number of esters is 2. The molecule has 5 atom stereocenters. The zero-order valence-electron chi connectivity index (χ0n) is 10.0. The molecule has 3 saturated heterocycles. The van der Waals surface area contributed by atoms with Crippen LogP contribution in [0, 0.1) is 0 Å². The lowest BCUT2D eigenvalue weighted by Gasteiger charge is -2.15. The second-order valence-electron chi connectivity index (χ2n) is 4.48. The maximum Gasteiger partial charge on any atom is 0.458 e. The molecule has 0 saturated carbocycles. The van der Waals surface area contributed by atoms with Crippen LogP contribution in [-0.2, 0) is 33.1 Å². The first-order valence-corrected chi connectivity index (χ1v) is 5.94. The van der Waals surface area contributed by atoms with Gasteiger partial charge in [-0.1, -0.05) is 6.92 Å². The molecule has 18 heavy (non-hydrogen) atoms. The molecule has 0 bridgehead atoms. The van der Waals surface area contributed by atoms with Gasteiger partial charge in [-0.05, 0) is 6.32 Å². The third kappa shape index (κ3) is 1.72. The van der Waals surface area contributed by atoms with Crippen LogP contribution in [0.5, 0.6) is 0 Å². The fourth-order valence-electron chi connectivity index (χ4n) is 2.46. The van der Waals surface area contributed by atoms with Crippen molar-refractivity contribution in [2.45, 2.75) is 50.9 Å². The lowest BCUT2D eigenvalue weighted by Crippen LogP contribution is -2.36. The van der Waals surface area contributed by atoms with Crippen molar-refractivity contribution >= 4 is 19.1 Å². The Morgan fingerprint density at radius 2 is 2.11 bits per heavy atom. The smallest absolute Gasteiger partial charge is 0.454 e. The highest BCUT2D eigenvalue weighted by atomic mass is 16.8. The molecule has 3 fully saturated rings. The van der Waals surface area contributed by atoms with Crippen LogP contribution in [0.25, 0.3) is 0 Å². The van der Waals surface area contributed by atoms with Crippen LogP contribution in [0.15, 0.2) is 0 Å². The molecule has 8 heteroatoms. The molecule has 0 amide bonds. The molecule has 0 unspecified atom stereocenters. The summed E-state index contributed by atoms with van der Waals surface area (Å²) < 4.78 is 26.7. The topological polar surface area (TPSA) is 80.3 Å². The number of rotatable bonds is 2. The Morgan fingerprint density at radius 1 is 1.33 bits per heavy atom. The SMILES string of the molecule is CCB1O[C@H]2O[C@H]3[C@H](OC(=O)[C@H]3OC(C)=O)[C@H]2O1. The minimum atomic E-state index is -1.02. The lowest BCUT2D eigenvalue weighted by atomic mass is 9.87. The lowest BCUT2D eigenvalue weighted by molar-refractivity contribution is -0.169. The predicted molar refractivity (Wildman–Crippen MR) is 56.3 cm³/mol. The molecule has 0 spiro atoms. The molecule has 3 heterocycles. The summed E-state index contributed by atoms with van der Waals surface area (Å²) >= 11 is 0. The second-order valence-corrected chi connectivity index (χ2v) is 4.48. The Hall–Kier alpha value is -1.12. The van der Waals surface area contributed by atoms with Crippen molar-refractivity contribution in [3.63, 3.8) is 0 Å². The van der Waals surface area contributed by atoms with Crippen molar-refractivity contribution in [1.82, 2.24) is 0 Å².